The van der Waals surface area contributed by atoms with Crippen molar-refractivity contribution in [3.63, 3.8) is 0 Å². The second kappa shape index (κ2) is 9.92. The Morgan fingerprint density at radius 3 is 2.48 bits per heavy atom. The molecule has 3 aromatic rings. The molecule has 1 N–H and O–H groups in total. The number of hydrogen-bond donors (Lipinski definition) is 1. The Balaban J connectivity index is 1.80. The lowest BCUT2D eigenvalue weighted by Crippen LogP contribution is -2.21. The fourth-order valence-corrected chi connectivity index (χ4v) is 5.09. The fraction of sp³-hybridized carbons (Fsp3) is 0.409. The minimum Gasteiger partial charge on any atom is -0.462 e. The highest BCUT2D eigenvalue weighted by Crippen LogP contribution is 2.34. The number of thioether (sulfide) groups is 1. The normalized spacial score (nSPS) is 11.0. The standard InChI is InChI=1S/C22H27N5O4S2/c1-8-31-21(30)17-12(3)18(20(29)26(6)7)33-19(17)24-15(28)10-32-16-9-27-14(5)11(2)13(4)23-22(27)25-16/h9H,8,10H2,1-7H3,(H,24,28). The van der Waals surface area contributed by atoms with Crippen molar-refractivity contribution in [2.24, 2.45) is 0 Å². The topological polar surface area (TPSA) is 106 Å². The lowest BCUT2D eigenvalue weighted by atomic mass is 10.1. The highest BCUT2D eigenvalue weighted by atomic mass is 32.2. The molecular weight excluding hydrogens is 462 g/mol. The molecule has 0 bridgehead atoms. The second-order valence-electron chi connectivity index (χ2n) is 7.67. The quantitative estimate of drug-likeness (QED) is 0.399. The number of fused-ring (bicyclic) bond motifs is 1. The Kier molecular flexibility index (Phi) is 7.43. The molecule has 0 spiro atoms. The Morgan fingerprint density at radius 1 is 1.15 bits per heavy atom. The monoisotopic (exact) mass is 489 g/mol. The van der Waals surface area contributed by atoms with E-state index < -0.39 is 5.97 Å². The molecule has 0 aromatic carbocycles. The molecule has 0 aliphatic rings. The first kappa shape index (κ1) is 24.7. The number of nitrogens with one attached hydrogen (secondary N) is 1. The Bertz CT molecular complexity index is 1250. The lowest BCUT2D eigenvalue weighted by Gasteiger charge is -2.09. The molecule has 0 atom stereocenters. The lowest BCUT2D eigenvalue weighted by molar-refractivity contribution is -0.113. The van der Waals surface area contributed by atoms with E-state index in [0.29, 0.717) is 26.2 Å². The van der Waals surface area contributed by atoms with E-state index in [-0.39, 0.29) is 29.7 Å². The average molecular weight is 490 g/mol. The van der Waals surface area contributed by atoms with Crippen LogP contribution in [0, 0.1) is 27.7 Å². The van der Waals surface area contributed by atoms with E-state index in [4.69, 9.17) is 4.74 Å². The molecular formula is C22H27N5O4S2. The molecule has 0 aliphatic carbocycles. The predicted molar refractivity (Wildman–Crippen MR) is 130 cm³/mol. The molecule has 0 radical (unpaired) electrons. The number of aryl methyl sites for hydroxylation is 2. The van der Waals surface area contributed by atoms with Gasteiger partial charge in [0, 0.05) is 31.7 Å². The summed E-state index contributed by atoms with van der Waals surface area (Å²) in [6, 6.07) is 0. The third-order valence-electron chi connectivity index (χ3n) is 5.21. The van der Waals surface area contributed by atoms with Crippen molar-refractivity contribution in [3.8, 4) is 0 Å². The molecule has 11 heteroatoms. The highest BCUT2D eigenvalue weighted by Gasteiger charge is 2.27. The van der Waals surface area contributed by atoms with Gasteiger partial charge in [-0.15, -0.1) is 11.3 Å². The molecule has 33 heavy (non-hydrogen) atoms. The van der Waals surface area contributed by atoms with Crippen LogP contribution in [0.1, 0.15) is 49.5 Å². The number of hydrogen-bond acceptors (Lipinski definition) is 8. The maximum Gasteiger partial charge on any atom is 0.341 e. The van der Waals surface area contributed by atoms with Gasteiger partial charge in [-0.3, -0.25) is 14.0 Å². The average Bonchev–Trinajstić information content (AvgIpc) is 3.30. The van der Waals surface area contributed by atoms with E-state index in [2.05, 4.69) is 15.3 Å². The van der Waals surface area contributed by atoms with Crippen LogP contribution in [0.4, 0.5) is 5.00 Å². The van der Waals surface area contributed by atoms with Crippen LogP contribution in [0.5, 0.6) is 0 Å². The SMILES string of the molecule is CCOC(=O)c1c(NC(=O)CSc2cn3c(C)c(C)c(C)nc3n2)sc(C(=O)N(C)C)c1C. The van der Waals surface area contributed by atoms with Crippen molar-refractivity contribution in [2.45, 2.75) is 39.6 Å². The first-order chi connectivity index (χ1) is 15.5. The molecule has 176 valence electrons. The number of rotatable bonds is 7. The summed E-state index contributed by atoms with van der Waals surface area (Å²) in [6.07, 6.45) is 1.86. The number of nitrogens with zero attached hydrogens (tertiary/aromatic N) is 4. The zero-order valence-electron chi connectivity index (χ0n) is 19.7. The van der Waals surface area contributed by atoms with Crippen molar-refractivity contribution in [1.29, 1.82) is 0 Å². The van der Waals surface area contributed by atoms with Crippen LogP contribution in [0.3, 0.4) is 0 Å². The van der Waals surface area contributed by atoms with Gasteiger partial charge in [0.25, 0.3) is 5.91 Å². The van der Waals surface area contributed by atoms with Crippen molar-refractivity contribution >= 4 is 51.7 Å². The smallest absolute Gasteiger partial charge is 0.341 e. The van der Waals surface area contributed by atoms with E-state index in [1.807, 2.05) is 31.4 Å². The van der Waals surface area contributed by atoms with Gasteiger partial charge in [-0.2, -0.15) is 0 Å². The third-order valence-corrected chi connectivity index (χ3v) is 7.30. The summed E-state index contributed by atoms with van der Waals surface area (Å²) >= 11 is 2.34. The zero-order valence-corrected chi connectivity index (χ0v) is 21.4. The van der Waals surface area contributed by atoms with Crippen LogP contribution in [0.25, 0.3) is 5.78 Å². The number of thiophene rings is 1. The first-order valence-electron chi connectivity index (χ1n) is 10.3. The number of carbonyl (C=O) groups excluding carboxylic acids is 3. The first-order valence-corrected chi connectivity index (χ1v) is 12.1. The molecule has 9 nitrogen and oxygen atoms in total. The summed E-state index contributed by atoms with van der Waals surface area (Å²) in [5.74, 6) is -0.457. The van der Waals surface area contributed by atoms with E-state index in [1.54, 1.807) is 27.9 Å². The maximum atomic E-state index is 12.7. The summed E-state index contributed by atoms with van der Waals surface area (Å²) < 4.78 is 7.05. The van der Waals surface area contributed by atoms with Crippen molar-refractivity contribution < 1.29 is 19.1 Å². The Hall–Kier alpha value is -2.92. The molecule has 0 fully saturated rings. The van der Waals surface area contributed by atoms with Gasteiger partial charge in [0.2, 0.25) is 11.7 Å². The van der Waals surface area contributed by atoms with E-state index in [0.717, 1.165) is 28.3 Å². The Labute approximate surface area is 200 Å². The number of ether oxygens (including phenoxy) is 1. The molecule has 0 saturated carbocycles. The van der Waals surface area contributed by atoms with Crippen molar-refractivity contribution in [1.82, 2.24) is 19.3 Å². The van der Waals surface area contributed by atoms with Gasteiger partial charge in [0.1, 0.15) is 10.0 Å². The van der Waals surface area contributed by atoms with Gasteiger partial charge in [0.15, 0.2) is 0 Å². The largest absolute Gasteiger partial charge is 0.462 e. The number of esters is 1. The van der Waals surface area contributed by atoms with E-state index in [9.17, 15) is 14.4 Å². The van der Waals surface area contributed by atoms with E-state index >= 15 is 0 Å². The van der Waals surface area contributed by atoms with Crippen LogP contribution in [-0.2, 0) is 9.53 Å². The summed E-state index contributed by atoms with van der Waals surface area (Å²) in [5.41, 5.74) is 3.77. The molecule has 3 rings (SSSR count). The van der Waals surface area contributed by atoms with Crippen LogP contribution in [0.15, 0.2) is 11.2 Å². The Morgan fingerprint density at radius 2 is 1.85 bits per heavy atom. The number of carbonyl (C=O) groups is 3. The molecule has 0 aliphatic heterocycles. The molecule has 0 saturated heterocycles. The number of imidazole rings is 1. The highest BCUT2D eigenvalue weighted by molar-refractivity contribution is 7.99. The third kappa shape index (κ3) is 5.03. The molecule has 2 amide bonds. The molecule has 3 aromatic heterocycles. The minimum absolute atomic E-state index is 0.0804. The van der Waals surface area contributed by atoms with E-state index in [1.165, 1.54) is 16.7 Å². The van der Waals surface area contributed by atoms with Gasteiger partial charge in [0.05, 0.1) is 22.8 Å². The van der Waals surface area contributed by atoms with Crippen molar-refractivity contribution in [3.05, 3.63) is 39.2 Å². The maximum absolute atomic E-state index is 12.7. The summed E-state index contributed by atoms with van der Waals surface area (Å²) in [5, 5.41) is 3.75. The molecule has 0 unspecified atom stereocenters. The van der Waals surface area contributed by atoms with Crippen LogP contribution >= 0.6 is 23.1 Å². The van der Waals surface area contributed by atoms with Crippen LogP contribution in [-0.4, -0.2) is 63.5 Å². The van der Waals surface area contributed by atoms with Crippen LogP contribution in [0.2, 0.25) is 0 Å². The molecule has 3 heterocycles. The van der Waals surface area contributed by atoms with Crippen molar-refractivity contribution in [2.75, 3.05) is 31.8 Å². The zero-order chi connectivity index (χ0) is 24.4. The second-order valence-corrected chi connectivity index (χ2v) is 9.69. The van der Waals surface area contributed by atoms with Gasteiger partial charge in [-0.05, 0) is 45.7 Å². The van der Waals surface area contributed by atoms with Gasteiger partial charge >= 0.3 is 5.97 Å². The van der Waals surface area contributed by atoms with Crippen LogP contribution < -0.4 is 5.32 Å². The predicted octanol–water partition coefficient (Wildman–Crippen LogP) is 3.63. The summed E-state index contributed by atoms with van der Waals surface area (Å²) in [7, 11) is 3.27. The summed E-state index contributed by atoms with van der Waals surface area (Å²) in [6.45, 7) is 9.53. The van der Waals surface area contributed by atoms with Gasteiger partial charge < -0.3 is 15.0 Å². The number of anilines is 1. The minimum atomic E-state index is -0.570. The van der Waals surface area contributed by atoms with Gasteiger partial charge in [-0.1, -0.05) is 11.8 Å². The van der Waals surface area contributed by atoms with Gasteiger partial charge in [-0.25, -0.2) is 14.8 Å². The number of aromatic nitrogens is 3. The summed E-state index contributed by atoms with van der Waals surface area (Å²) in [4.78, 5) is 48.6. The fourth-order valence-electron chi connectivity index (χ4n) is 3.18. The number of amides is 2.